The van der Waals surface area contributed by atoms with Crippen molar-refractivity contribution in [2.45, 2.75) is 71.1 Å². The first-order valence-electron chi connectivity index (χ1n) is 16.1. The van der Waals surface area contributed by atoms with Gasteiger partial charge in [-0.05, 0) is 83.7 Å². The number of aryl methyl sites for hydroxylation is 1. The molecule has 0 fully saturated rings. The van der Waals surface area contributed by atoms with Gasteiger partial charge < -0.3 is 10.1 Å². The minimum atomic E-state index is -3.73. The smallest absolute Gasteiger partial charge is 0.339 e. The number of para-hydroxylation sites is 1. The monoisotopic (exact) mass is 653 g/mol. The van der Waals surface area contributed by atoms with Gasteiger partial charge in [-0.25, -0.2) is 18.2 Å². The van der Waals surface area contributed by atoms with Crippen LogP contribution in [-0.4, -0.2) is 49.3 Å². The van der Waals surface area contributed by atoms with Crippen LogP contribution in [0.25, 0.3) is 22.6 Å². The maximum atomic E-state index is 13.7. The highest BCUT2D eigenvalue weighted by Gasteiger charge is 2.27. The number of esters is 1. The van der Waals surface area contributed by atoms with Crippen molar-refractivity contribution >= 4 is 50.1 Å². The first-order chi connectivity index (χ1) is 22.3. The van der Waals surface area contributed by atoms with Crippen molar-refractivity contribution in [1.82, 2.24) is 9.29 Å². The van der Waals surface area contributed by atoms with Crippen LogP contribution in [0.4, 0.5) is 5.69 Å². The number of fused-ring (bicyclic) bond motifs is 2. The summed E-state index contributed by atoms with van der Waals surface area (Å²) in [4.78, 5) is 31.8. The lowest BCUT2D eigenvalue weighted by Gasteiger charge is -2.23. The molecule has 1 aliphatic carbocycles. The van der Waals surface area contributed by atoms with Gasteiger partial charge >= 0.3 is 5.97 Å². The number of benzene rings is 3. The van der Waals surface area contributed by atoms with Crippen molar-refractivity contribution < 1.29 is 22.7 Å². The largest absolute Gasteiger partial charge is 0.452 e. The van der Waals surface area contributed by atoms with Crippen molar-refractivity contribution in [2.24, 2.45) is 0 Å². The van der Waals surface area contributed by atoms with Crippen molar-refractivity contribution in [2.75, 3.05) is 25.0 Å². The van der Waals surface area contributed by atoms with Gasteiger partial charge in [-0.2, -0.15) is 4.31 Å². The third-order valence-corrected chi connectivity index (χ3v) is 10.8. The second-order valence-corrected chi connectivity index (χ2v) is 14.8. The van der Waals surface area contributed by atoms with Crippen molar-refractivity contribution in [3.63, 3.8) is 0 Å². The minimum absolute atomic E-state index is 0.0602. The number of carbonyl (C=O) groups is 2. The molecule has 0 radical (unpaired) electrons. The normalized spacial score (nSPS) is 14.3. The van der Waals surface area contributed by atoms with E-state index >= 15 is 0 Å². The Morgan fingerprint density at radius 3 is 2.36 bits per heavy atom. The van der Waals surface area contributed by atoms with E-state index < -0.39 is 28.5 Å². The van der Waals surface area contributed by atoms with Crippen LogP contribution < -0.4 is 5.32 Å². The minimum Gasteiger partial charge on any atom is -0.452 e. The van der Waals surface area contributed by atoms with Crippen LogP contribution in [0.1, 0.15) is 85.8 Å². The molecular weight excluding hydrogens is 611 g/mol. The fourth-order valence-electron chi connectivity index (χ4n) is 6.05. The summed E-state index contributed by atoms with van der Waals surface area (Å²) in [7, 11) is -3.73. The van der Waals surface area contributed by atoms with Crippen molar-refractivity contribution in [3.05, 3.63) is 100 Å². The fourth-order valence-corrected chi connectivity index (χ4v) is 7.76. The van der Waals surface area contributed by atoms with Crippen LogP contribution in [0.15, 0.2) is 71.6 Å². The number of ether oxygens (including phenoxy) is 1. The topological polar surface area (TPSA) is 106 Å². The number of pyridine rings is 1. The Balaban J connectivity index is 1.39. The van der Waals surface area contributed by atoms with E-state index in [9.17, 15) is 18.0 Å². The summed E-state index contributed by atoms with van der Waals surface area (Å²) in [5.41, 5.74) is 7.04. The maximum Gasteiger partial charge on any atom is 0.339 e. The summed E-state index contributed by atoms with van der Waals surface area (Å²) in [6.07, 6.45) is 4.49. The molecule has 0 saturated carbocycles. The summed E-state index contributed by atoms with van der Waals surface area (Å²) in [6, 6.07) is 20.7. The number of nitrogens with one attached hydrogen (secondary N) is 1. The van der Waals surface area contributed by atoms with E-state index in [1.54, 1.807) is 32.9 Å². The van der Waals surface area contributed by atoms with E-state index in [4.69, 9.17) is 9.72 Å². The van der Waals surface area contributed by atoms with Gasteiger partial charge in [-0.3, -0.25) is 4.79 Å². The van der Waals surface area contributed by atoms with E-state index in [1.165, 1.54) is 15.9 Å². The van der Waals surface area contributed by atoms with E-state index in [-0.39, 0.29) is 10.3 Å². The zero-order valence-corrected chi connectivity index (χ0v) is 28.8. The summed E-state index contributed by atoms with van der Waals surface area (Å²) in [5.74, 6) is -1.17. The van der Waals surface area contributed by atoms with Gasteiger partial charge in [0.15, 0.2) is 6.61 Å². The highest BCUT2D eigenvalue weighted by molar-refractivity contribution is 7.89. The number of anilines is 1. The molecule has 0 spiro atoms. The second kappa shape index (κ2) is 13.8. The Hall–Kier alpha value is -4.34. The van der Waals surface area contributed by atoms with Gasteiger partial charge in [0, 0.05) is 24.2 Å². The highest BCUT2D eigenvalue weighted by Crippen LogP contribution is 2.37. The zero-order valence-electron chi connectivity index (χ0n) is 28.0. The molecule has 0 bridgehead atoms. The third kappa shape index (κ3) is 7.31. The fraction of sp³-hybridized carbons (Fsp3) is 0.342. The Kier molecular flexibility index (Phi) is 9.98. The molecule has 0 atom stereocenters. The number of rotatable bonds is 9. The van der Waals surface area contributed by atoms with E-state index in [1.807, 2.05) is 24.3 Å². The number of allylic oxidation sites excluding steroid dienone is 1. The predicted octanol–water partition coefficient (Wildman–Crippen LogP) is 7.54. The van der Waals surface area contributed by atoms with Crippen LogP contribution in [0.2, 0.25) is 0 Å². The van der Waals surface area contributed by atoms with Gasteiger partial charge in [-0.15, -0.1) is 0 Å². The van der Waals surface area contributed by atoms with Crippen molar-refractivity contribution in [3.8, 4) is 0 Å². The molecule has 0 aliphatic heterocycles. The number of aromatic nitrogens is 1. The summed E-state index contributed by atoms with van der Waals surface area (Å²) < 4.78 is 33.3. The third-order valence-electron chi connectivity index (χ3n) is 8.62. The van der Waals surface area contributed by atoms with E-state index in [0.717, 1.165) is 35.2 Å². The molecule has 1 aliphatic rings. The Morgan fingerprint density at radius 1 is 0.979 bits per heavy atom. The Labute approximate surface area is 277 Å². The van der Waals surface area contributed by atoms with E-state index in [2.05, 4.69) is 56.4 Å². The molecule has 0 unspecified atom stereocenters. The predicted molar refractivity (Wildman–Crippen MR) is 188 cm³/mol. The number of hydrogen-bond acceptors (Lipinski definition) is 6. The molecule has 1 heterocycles. The molecule has 1 aromatic heterocycles. The SMILES string of the molecule is CCN(CC)S(=O)(=O)c1cc(NC(=O)COC(=O)c2c3c(nc4ccccc24)/C(=C/c2ccc(C(C)(C)C)cc2)CCC3)ccc1C. The Bertz CT molecular complexity index is 1950. The molecule has 4 aromatic rings. The van der Waals surface area contributed by atoms with Crippen LogP contribution >= 0.6 is 0 Å². The molecule has 5 rings (SSSR count). The van der Waals surface area contributed by atoms with Gasteiger partial charge in [0.2, 0.25) is 10.0 Å². The number of amides is 1. The van der Waals surface area contributed by atoms with Crippen LogP contribution in [0, 0.1) is 6.92 Å². The average molecular weight is 654 g/mol. The molecule has 1 amide bonds. The van der Waals surface area contributed by atoms with Gasteiger partial charge in [0.05, 0.1) is 21.7 Å². The molecule has 3 aromatic carbocycles. The highest BCUT2D eigenvalue weighted by atomic mass is 32.2. The van der Waals surface area contributed by atoms with Crippen LogP contribution in [-0.2, 0) is 31.4 Å². The first kappa shape index (κ1) is 34.0. The lowest BCUT2D eigenvalue weighted by atomic mass is 9.85. The van der Waals surface area contributed by atoms with Gasteiger partial charge in [-0.1, -0.05) is 83.1 Å². The number of nitrogens with zero attached hydrogens (tertiary/aromatic N) is 2. The average Bonchev–Trinajstić information content (AvgIpc) is 3.04. The molecule has 246 valence electrons. The van der Waals surface area contributed by atoms with Crippen LogP contribution in [0.5, 0.6) is 0 Å². The zero-order chi connectivity index (χ0) is 33.9. The van der Waals surface area contributed by atoms with Gasteiger partial charge in [0.1, 0.15) is 0 Å². The molecule has 0 saturated heterocycles. The number of sulfonamides is 1. The summed E-state index contributed by atoms with van der Waals surface area (Å²) in [5, 5.41) is 3.37. The first-order valence-corrected chi connectivity index (χ1v) is 17.6. The lowest BCUT2D eigenvalue weighted by molar-refractivity contribution is -0.119. The van der Waals surface area contributed by atoms with Crippen LogP contribution in [0.3, 0.4) is 0 Å². The maximum absolute atomic E-state index is 13.7. The molecule has 9 heteroatoms. The molecule has 8 nitrogen and oxygen atoms in total. The molecular formula is C38H43N3O5S. The Morgan fingerprint density at radius 2 is 1.68 bits per heavy atom. The standard InChI is InChI=1S/C38H43N3O5S/c1-7-41(8-2)47(44,45)33-23-29(21-16-25(33)3)39-34(42)24-46-37(43)35-30-13-9-10-15-32(30)40-36-27(12-11-14-31(35)36)22-26-17-19-28(20-18-26)38(4,5)6/h9-10,13,15-23H,7-8,11-12,14,24H2,1-6H3,(H,39,42)/b27-22+. The quantitative estimate of drug-likeness (QED) is 0.187. The van der Waals surface area contributed by atoms with Crippen molar-refractivity contribution in [1.29, 1.82) is 0 Å². The number of carbonyl (C=O) groups excluding carboxylic acids is 2. The summed E-state index contributed by atoms with van der Waals surface area (Å²) in [6.45, 7) is 12.0. The lowest BCUT2D eigenvalue weighted by Crippen LogP contribution is -2.31. The molecule has 1 N–H and O–H groups in total. The van der Waals surface area contributed by atoms with Gasteiger partial charge in [0.25, 0.3) is 5.91 Å². The second-order valence-electron chi connectivity index (χ2n) is 12.9. The molecule has 47 heavy (non-hydrogen) atoms. The number of hydrogen-bond donors (Lipinski definition) is 1. The summed E-state index contributed by atoms with van der Waals surface area (Å²) >= 11 is 0. The van der Waals surface area contributed by atoms with E-state index in [0.29, 0.717) is 47.2 Å².